The average Bonchev–Trinajstić information content (AvgIpc) is 3.25. The van der Waals surface area contributed by atoms with Gasteiger partial charge in [0.05, 0.1) is 11.9 Å². The molecule has 1 saturated carbocycles. The zero-order chi connectivity index (χ0) is 26.2. The minimum absolute atomic E-state index is 0.0642. The predicted octanol–water partition coefficient (Wildman–Crippen LogP) is 4.91. The van der Waals surface area contributed by atoms with Crippen molar-refractivity contribution in [1.29, 1.82) is 0 Å². The Bertz CT molecular complexity index is 1330. The summed E-state index contributed by atoms with van der Waals surface area (Å²) in [6.45, 7) is 3.25. The van der Waals surface area contributed by atoms with Gasteiger partial charge >= 0.3 is 12.1 Å². The molecule has 1 fully saturated rings. The Morgan fingerprint density at radius 1 is 1.17 bits per heavy atom. The van der Waals surface area contributed by atoms with Crippen molar-refractivity contribution < 1.29 is 37.5 Å². The number of carbonyl (C=O) groups excluding carboxylic acids is 2. The first-order valence-corrected chi connectivity index (χ1v) is 10.9. The molecule has 0 unspecified atom stereocenters. The summed E-state index contributed by atoms with van der Waals surface area (Å²) in [5, 5.41) is 17.9. The molecular weight excluding hydrogens is 502 g/mol. The number of pyridine rings is 1. The molecule has 2 amide bonds. The summed E-state index contributed by atoms with van der Waals surface area (Å²) in [7, 11) is 0. The number of aliphatic carboxylic acids is 1. The van der Waals surface area contributed by atoms with Gasteiger partial charge in [-0.1, -0.05) is 35.0 Å². The van der Waals surface area contributed by atoms with Gasteiger partial charge in [-0.15, -0.1) is 0 Å². The summed E-state index contributed by atoms with van der Waals surface area (Å²) in [6, 6.07) is 9.68. The number of nitrogens with one attached hydrogen (secondary N) is 2. The summed E-state index contributed by atoms with van der Waals surface area (Å²) in [4.78, 5) is 39.5. The Kier molecular flexibility index (Phi) is 6.63. The maximum Gasteiger partial charge on any atom is 0.412 e. The summed E-state index contributed by atoms with van der Waals surface area (Å²) >= 11 is 6.14. The second-order valence-corrected chi connectivity index (χ2v) is 8.46. The van der Waals surface area contributed by atoms with Crippen LogP contribution in [0.25, 0.3) is 11.5 Å². The number of carboxylic acid groups (broad SMARTS) is 1. The van der Waals surface area contributed by atoms with E-state index in [0.29, 0.717) is 16.3 Å². The molecule has 13 heteroatoms. The van der Waals surface area contributed by atoms with Crippen molar-refractivity contribution in [3.8, 4) is 11.5 Å². The Hall–Kier alpha value is -4.06. The Morgan fingerprint density at radius 3 is 2.50 bits per heavy atom. The molecule has 0 saturated heterocycles. The Balaban J connectivity index is 1.43. The molecule has 3 atom stereocenters. The topological polar surface area (TPSA) is 144 Å². The molecule has 1 aliphatic rings. The molecule has 2 heterocycles. The zero-order valence-electron chi connectivity index (χ0n) is 18.8. The van der Waals surface area contributed by atoms with Gasteiger partial charge in [-0.25, -0.2) is 13.6 Å². The first-order valence-electron chi connectivity index (χ1n) is 10.6. The van der Waals surface area contributed by atoms with Gasteiger partial charge in [-0.3, -0.25) is 19.9 Å². The normalized spacial score (nSPS) is 18.7. The van der Waals surface area contributed by atoms with Crippen molar-refractivity contribution in [2.75, 3.05) is 10.6 Å². The zero-order valence-corrected chi connectivity index (χ0v) is 19.5. The van der Waals surface area contributed by atoms with Crippen LogP contribution in [0.15, 0.2) is 47.1 Å². The highest BCUT2D eigenvalue weighted by atomic mass is 35.5. The summed E-state index contributed by atoms with van der Waals surface area (Å²) in [6.07, 6.45) is -0.275. The van der Waals surface area contributed by atoms with E-state index < -0.39 is 41.8 Å². The largest absolute Gasteiger partial charge is 0.481 e. The Morgan fingerprint density at radius 2 is 1.89 bits per heavy atom. The van der Waals surface area contributed by atoms with Crippen LogP contribution in [0.4, 0.5) is 25.0 Å². The number of aryl methyl sites for hydroxylation is 1. The number of benzene rings is 1. The number of ether oxygens (including phenoxy) is 1. The van der Waals surface area contributed by atoms with Crippen molar-refractivity contribution in [3.63, 3.8) is 0 Å². The van der Waals surface area contributed by atoms with Crippen LogP contribution in [0.2, 0.25) is 5.02 Å². The van der Waals surface area contributed by atoms with Crippen LogP contribution in [0, 0.1) is 18.8 Å². The number of amides is 2. The second kappa shape index (κ2) is 9.53. The molecule has 0 aliphatic heterocycles. The second-order valence-electron chi connectivity index (χ2n) is 8.06. The first kappa shape index (κ1) is 25.0. The molecule has 3 N–H and O–H groups in total. The lowest BCUT2D eigenvalue weighted by atomic mass is 10.1. The number of nitrogens with zero attached hydrogens (tertiary/aromatic N) is 2. The quantitative estimate of drug-likeness (QED) is 0.398. The van der Waals surface area contributed by atoms with E-state index in [2.05, 4.69) is 20.8 Å². The van der Waals surface area contributed by atoms with Gasteiger partial charge in [0.2, 0.25) is 11.7 Å². The monoisotopic (exact) mass is 520 g/mol. The summed E-state index contributed by atoms with van der Waals surface area (Å²) < 4.78 is 37.8. The fraction of sp³-hybridized carbons (Fsp3) is 0.261. The molecule has 188 valence electrons. The molecule has 0 bridgehead atoms. The van der Waals surface area contributed by atoms with Gasteiger partial charge in [0.25, 0.3) is 5.92 Å². The third-order valence-corrected chi connectivity index (χ3v) is 5.93. The van der Waals surface area contributed by atoms with E-state index in [0.717, 1.165) is 0 Å². The van der Waals surface area contributed by atoms with Gasteiger partial charge in [0.15, 0.2) is 0 Å². The van der Waals surface area contributed by atoms with E-state index in [-0.39, 0.29) is 22.8 Å². The summed E-state index contributed by atoms with van der Waals surface area (Å²) in [5.74, 6) is -10.4. The van der Waals surface area contributed by atoms with Crippen LogP contribution in [0.5, 0.6) is 0 Å². The lowest BCUT2D eigenvalue weighted by molar-refractivity contribution is -0.141. The highest BCUT2D eigenvalue weighted by Crippen LogP contribution is 2.55. The van der Waals surface area contributed by atoms with Crippen LogP contribution in [0.1, 0.15) is 24.3 Å². The lowest BCUT2D eigenvalue weighted by Crippen LogP contribution is -2.18. The molecule has 2 aromatic heterocycles. The van der Waals surface area contributed by atoms with Gasteiger partial charge < -0.3 is 19.7 Å². The van der Waals surface area contributed by atoms with Gasteiger partial charge in [-0.05, 0) is 32.0 Å². The van der Waals surface area contributed by atoms with Crippen LogP contribution in [-0.4, -0.2) is 39.1 Å². The van der Waals surface area contributed by atoms with Crippen molar-refractivity contribution >= 4 is 40.9 Å². The number of aromatic nitrogens is 2. The van der Waals surface area contributed by atoms with E-state index >= 15 is 0 Å². The molecular formula is C23H19ClF2N4O6. The molecule has 36 heavy (non-hydrogen) atoms. The van der Waals surface area contributed by atoms with Gasteiger partial charge in [-0.2, -0.15) is 0 Å². The summed E-state index contributed by atoms with van der Waals surface area (Å²) in [5.41, 5.74) is 1.42. The van der Waals surface area contributed by atoms with Crippen molar-refractivity contribution in [1.82, 2.24) is 10.1 Å². The maximum atomic E-state index is 13.6. The third-order valence-electron chi connectivity index (χ3n) is 5.58. The standard InChI is InChI=1S/C23H19ClF2N4O6/c1-10-18(29-22(34)35-11(2)13-5-3-4-6-14(13)24)19(36-30-10)15-8-7-12(9-27-15)28-20(31)16-17(21(32)33)23(16,25)26/h3-9,11,16-17H,1-2H3,(H,28,31)(H,29,34)(H,32,33)/t11-,16-,17-/m1/s1. The van der Waals surface area contributed by atoms with Crippen LogP contribution in [-0.2, 0) is 14.3 Å². The minimum atomic E-state index is -3.61. The highest BCUT2D eigenvalue weighted by Gasteiger charge is 2.76. The molecule has 0 radical (unpaired) electrons. The van der Waals surface area contributed by atoms with E-state index in [1.165, 1.54) is 18.3 Å². The minimum Gasteiger partial charge on any atom is -0.481 e. The average molecular weight is 521 g/mol. The third kappa shape index (κ3) is 4.85. The Labute approximate surface area is 207 Å². The van der Waals surface area contributed by atoms with Crippen molar-refractivity contribution in [2.24, 2.45) is 11.8 Å². The molecule has 10 nitrogen and oxygen atoms in total. The molecule has 3 aromatic rings. The van der Waals surface area contributed by atoms with Gasteiger partial charge in [0.1, 0.15) is 35.0 Å². The molecule has 1 aliphatic carbocycles. The van der Waals surface area contributed by atoms with E-state index in [1.54, 1.807) is 38.1 Å². The van der Waals surface area contributed by atoms with Crippen LogP contribution < -0.4 is 10.6 Å². The lowest BCUT2D eigenvalue weighted by Gasteiger charge is -2.15. The number of halogens is 3. The van der Waals surface area contributed by atoms with E-state index in [1.807, 2.05) is 0 Å². The van der Waals surface area contributed by atoms with Crippen molar-refractivity contribution in [2.45, 2.75) is 25.9 Å². The SMILES string of the molecule is Cc1noc(-c2ccc(NC(=O)[C@H]3[C@H](C(=O)O)C3(F)F)cn2)c1NC(=O)O[C@H](C)c1ccccc1Cl. The molecule has 4 rings (SSSR count). The fourth-order valence-electron chi connectivity index (χ4n) is 3.63. The number of rotatable bonds is 7. The number of carbonyl (C=O) groups is 3. The number of alkyl halides is 2. The molecule has 1 aromatic carbocycles. The van der Waals surface area contributed by atoms with Gasteiger partial charge in [0, 0.05) is 10.6 Å². The first-order chi connectivity index (χ1) is 17.0. The number of carboxylic acids is 1. The van der Waals surface area contributed by atoms with Crippen LogP contribution >= 0.6 is 11.6 Å². The van der Waals surface area contributed by atoms with E-state index in [9.17, 15) is 23.2 Å². The highest BCUT2D eigenvalue weighted by molar-refractivity contribution is 6.31. The van der Waals surface area contributed by atoms with Crippen molar-refractivity contribution in [3.05, 3.63) is 58.9 Å². The maximum absolute atomic E-state index is 13.6. The smallest absolute Gasteiger partial charge is 0.412 e. The number of anilines is 2. The predicted molar refractivity (Wildman–Crippen MR) is 123 cm³/mol. The van der Waals surface area contributed by atoms with Crippen LogP contribution in [0.3, 0.4) is 0 Å². The van der Waals surface area contributed by atoms with E-state index in [4.69, 9.17) is 26.0 Å². The molecule has 0 spiro atoms. The number of hydrogen-bond donors (Lipinski definition) is 3. The number of hydrogen-bond acceptors (Lipinski definition) is 7. The fourth-order valence-corrected chi connectivity index (χ4v) is 3.92.